The minimum atomic E-state index is -1.37. The molecule has 3 heterocycles. The summed E-state index contributed by atoms with van der Waals surface area (Å²) in [5.74, 6) is 1.09. The van der Waals surface area contributed by atoms with Gasteiger partial charge in [0.2, 0.25) is 0 Å². The predicted octanol–water partition coefficient (Wildman–Crippen LogP) is 1.72. The molecule has 16 heavy (non-hydrogen) atoms. The van der Waals surface area contributed by atoms with Crippen molar-refractivity contribution in [1.82, 2.24) is 14.5 Å². The van der Waals surface area contributed by atoms with E-state index in [9.17, 15) is 0 Å². The minimum Gasteiger partial charge on any atom is -0.331 e. The van der Waals surface area contributed by atoms with Gasteiger partial charge in [-0.05, 0) is 18.2 Å². The number of nitrogens with zero attached hydrogens (tertiary/aromatic N) is 3. The zero-order valence-electron chi connectivity index (χ0n) is 9.86. The summed E-state index contributed by atoms with van der Waals surface area (Å²) in [5, 5.41) is 1.49. The Morgan fingerprint density at radius 1 is 1.31 bits per heavy atom. The summed E-state index contributed by atoms with van der Waals surface area (Å²) in [4.78, 5) is 8.75. The Morgan fingerprint density at radius 2 is 2.12 bits per heavy atom. The van der Waals surface area contributed by atoms with Gasteiger partial charge in [-0.15, -0.1) is 0 Å². The zero-order valence-corrected chi connectivity index (χ0v) is 10.9. The van der Waals surface area contributed by atoms with Crippen LogP contribution in [0.3, 0.4) is 0 Å². The molecular weight excluding hydrogens is 214 g/mol. The lowest BCUT2D eigenvalue weighted by molar-refractivity contribution is 0.823. The molecule has 0 bridgehead atoms. The van der Waals surface area contributed by atoms with Crippen LogP contribution in [0, 0.1) is 6.92 Å². The first-order valence-corrected chi connectivity index (χ1v) is 8.77. The van der Waals surface area contributed by atoms with Crippen molar-refractivity contribution in [3.63, 3.8) is 0 Å². The van der Waals surface area contributed by atoms with Gasteiger partial charge in [-0.1, -0.05) is 13.1 Å². The van der Waals surface area contributed by atoms with Crippen molar-refractivity contribution in [3.8, 4) is 11.4 Å². The Morgan fingerprint density at radius 3 is 2.94 bits per heavy atom. The maximum Gasteiger partial charge on any atom is 0.141 e. The van der Waals surface area contributed by atoms with Crippen molar-refractivity contribution in [3.05, 3.63) is 30.4 Å². The summed E-state index contributed by atoms with van der Waals surface area (Å²) in [6.07, 6.45) is 6.95. The van der Waals surface area contributed by atoms with Gasteiger partial charge < -0.3 is 4.57 Å². The molecular formula is C12H15N3Si. The van der Waals surface area contributed by atoms with Crippen LogP contribution < -0.4 is 5.19 Å². The molecule has 2 aromatic rings. The third-order valence-corrected chi connectivity index (χ3v) is 6.40. The van der Waals surface area contributed by atoms with Crippen LogP contribution in [0.5, 0.6) is 0 Å². The number of imidazole rings is 1. The zero-order chi connectivity index (χ0) is 11.3. The van der Waals surface area contributed by atoms with Crippen molar-refractivity contribution in [1.29, 1.82) is 0 Å². The number of aromatic nitrogens is 3. The van der Waals surface area contributed by atoms with Crippen molar-refractivity contribution in [2.45, 2.75) is 26.2 Å². The van der Waals surface area contributed by atoms with E-state index < -0.39 is 8.07 Å². The average Bonchev–Trinajstić information content (AvgIpc) is 2.60. The van der Waals surface area contributed by atoms with Crippen molar-refractivity contribution in [2.75, 3.05) is 0 Å². The lowest BCUT2D eigenvalue weighted by atomic mass is 10.2. The fourth-order valence-electron chi connectivity index (χ4n) is 2.52. The quantitative estimate of drug-likeness (QED) is 0.644. The van der Waals surface area contributed by atoms with E-state index in [0.29, 0.717) is 0 Å². The molecule has 0 atom stereocenters. The van der Waals surface area contributed by atoms with E-state index in [1.807, 2.05) is 18.6 Å². The first kappa shape index (κ1) is 9.78. The smallest absolute Gasteiger partial charge is 0.141 e. The second kappa shape index (κ2) is 3.04. The van der Waals surface area contributed by atoms with Crippen molar-refractivity contribution >= 4 is 13.3 Å². The van der Waals surface area contributed by atoms with Crippen LogP contribution in [-0.4, -0.2) is 22.6 Å². The molecule has 4 heteroatoms. The molecule has 0 fully saturated rings. The highest BCUT2D eigenvalue weighted by Gasteiger charge is 2.34. The molecule has 0 amide bonds. The topological polar surface area (TPSA) is 30.7 Å². The molecule has 0 unspecified atom stereocenters. The van der Waals surface area contributed by atoms with Crippen molar-refractivity contribution < 1.29 is 0 Å². The van der Waals surface area contributed by atoms with Crippen LogP contribution in [0.25, 0.3) is 11.4 Å². The van der Waals surface area contributed by atoms with E-state index in [2.05, 4.69) is 40.6 Å². The van der Waals surface area contributed by atoms with Gasteiger partial charge in [0, 0.05) is 36.0 Å². The van der Waals surface area contributed by atoms with Crippen LogP contribution >= 0.6 is 0 Å². The second-order valence-electron chi connectivity index (χ2n) is 5.11. The van der Waals surface area contributed by atoms with E-state index >= 15 is 0 Å². The Balaban J connectivity index is 2.34. The molecule has 3 rings (SSSR count). The first-order chi connectivity index (χ1) is 7.59. The molecule has 1 aliphatic rings. The molecule has 0 radical (unpaired) electrons. The van der Waals surface area contributed by atoms with Gasteiger partial charge in [-0.3, -0.25) is 4.98 Å². The number of rotatable bonds is 0. The van der Waals surface area contributed by atoms with E-state index in [-0.39, 0.29) is 0 Å². The molecule has 0 N–H and O–H groups in total. The highest BCUT2D eigenvalue weighted by Crippen LogP contribution is 2.26. The SMILES string of the molecule is Cc1cnc2n1C[Si](C)(C)c1ccncc1-2. The molecule has 2 aromatic heterocycles. The fourth-order valence-corrected chi connectivity index (χ4v) is 5.31. The van der Waals surface area contributed by atoms with Gasteiger partial charge in [0.25, 0.3) is 0 Å². The standard InChI is InChI=1S/C12H15N3Si/c1-9-6-14-12-10-7-13-5-4-11(10)16(2,3)8-15(9)12/h4-7H,8H2,1-3H3. The highest BCUT2D eigenvalue weighted by atomic mass is 28.3. The van der Waals surface area contributed by atoms with E-state index in [0.717, 1.165) is 12.0 Å². The number of pyridine rings is 1. The number of hydrogen-bond acceptors (Lipinski definition) is 2. The van der Waals surface area contributed by atoms with Crippen LogP contribution in [0.1, 0.15) is 5.69 Å². The summed E-state index contributed by atoms with van der Waals surface area (Å²) in [5.41, 5.74) is 2.49. The maximum absolute atomic E-state index is 4.51. The summed E-state index contributed by atoms with van der Waals surface area (Å²) in [6.45, 7) is 6.95. The molecule has 82 valence electrons. The fraction of sp³-hybridized carbons (Fsp3) is 0.333. The maximum atomic E-state index is 4.51. The monoisotopic (exact) mass is 229 g/mol. The molecule has 0 aromatic carbocycles. The van der Waals surface area contributed by atoms with Gasteiger partial charge in [0.15, 0.2) is 0 Å². The van der Waals surface area contributed by atoms with Crippen LogP contribution in [0.4, 0.5) is 0 Å². The molecule has 1 aliphatic heterocycles. The summed E-state index contributed by atoms with van der Waals surface area (Å²) in [6, 6.07) is 2.18. The van der Waals surface area contributed by atoms with E-state index in [1.54, 1.807) is 0 Å². The Kier molecular flexibility index (Phi) is 1.86. The Hall–Kier alpha value is -1.42. The second-order valence-corrected chi connectivity index (χ2v) is 9.74. The molecule has 0 saturated carbocycles. The van der Waals surface area contributed by atoms with Crippen LogP contribution in [0.2, 0.25) is 13.1 Å². The van der Waals surface area contributed by atoms with Gasteiger partial charge in [0.1, 0.15) is 13.9 Å². The van der Waals surface area contributed by atoms with E-state index in [1.165, 1.54) is 16.4 Å². The van der Waals surface area contributed by atoms with Gasteiger partial charge in [0.05, 0.1) is 0 Å². The number of hydrogen-bond donors (Lipinski definition) is 0. The Labute approximate surface area is 96.2 Å². The largest absolute Gasteiger partial charge is 0.331 e. The van der Waals surface area contributed by atoms with Gasteiger partial charge in [-0.2, -0.15) is 0 Å². The molecule has 0 saturated heterocycles. The third kappa shape index (κ3) is 1.19. The third-order valence-electron chi connectivity index (χ3n) is 3.40. The first-order valence-electron chi connectivity index (χ1n) is 5.56. The van der Waals surface area contributed by atoms with Crippen molar-refractivity contribution in [2.24, 2.45) is 0 Å². The summed E-state index contributed by atoms with van der Waals surface area (Å²) in [7, 11) is -1.37. The minimum absolute atomic E-state index is 1.09. The number of aryl methyl sites for hydroxylation is 1. The summed E-state index contributed by atoms with van der Waals surface area (Å²) < 4.78 is 2.34. The molecule has 0 aliphatic carbocycles. The average molecular weight is 229 g/mol. The van der Waals surface area contributed by atoms with Crippen LogP contribution in [0.15, 0.2) is 24.7 Å². The molecule has 3 nitrogen and oxygen atoms in total. The van der Waals surface area contributed by atoms with E-state index in [4.69, 9.17) is 0 Å². The normalized spacial score (nSPS) is 16.7. The highest BCUT2D eigenvalue weighted by molar-refractivity contribution is 6.90. The molecule has 0 spiro atoms. The lowest BCUT2D eigenvalue weighted by Crippen LogP contribution is -2.50. The summed E-state index contributed by atoms with van der Waals surface area (Å²) >= 11 is 0. The van der Waals surface area contributed by atoms with Crippen LogP contribution in [-0.2, 0) is 6.17 Å². The Bertz CT molecular complexity index is 557. The lowest BCUT2D eigenvalue weighted by Gasteiger charge is -2.31. The predicted molar refractivity (Wildman–Crippen MR) is 67.3 cm³/mol. The van der Waals surface area contributed by atoms with Gasteiger partial charge in [-0.25, -0.2) is 4.98 Å². The number of fused-ring (bicyclic) bond motifs is 3. The van der Waals surface area contributed by atoms with Gasteiger partial charge >= 0.3 is 0 Å².